The van der Waals surface area contributed by atoms with Crippen molar-refractivity contribution in [1.82, 2.24) is 15.2 Å². The van der Waals surface area contributed by atoms with Crippen LogP contribution in [0.4, 0.5) is 0 Å². The minimum atomic E-state index is -0.253. The Morgan fingerprint density at radius 3 is 2.84 bits per heavy atom. The molecule has 19 heavy (non-hydrogen) atoms. The molecule has 104 valence electrons. The van der Waals surface area contributed by atoms with E-state index in [2.05, 4.69) is 17.2 Å². The lowest BCUT2D eigenvalue weighted by Crippen LogP contribution is -2.33. The zero-order valence-corrected chi connectivity index (χ0v) is 11.6. The number of nitrogens with one attached hydrogen (secondary N) is 1. The molecule has 0 radical (unpaired) electrons. The first kappa shape index (κ1) is 15.1. The molecule has 1 aromatic heterocycles. The van der Waals surface area contributed by atoms with Crippen LogP contribution in [-0.4, -0.2) is 35.3 Å². The van der Waals surface area contributed by atoms with E-state index >= 15 is 0 Å². The van der Waals surface area contributed by atoms with Crippen molar-refractivity contribution < 1.29 is 9.59 Å². The SMILES string of the molecule is CCCCN(C)C(=O)CC(=O)NCc1cccnc1. The molecule has 0 bridgehead atoms. The molecule has 0 fully saturated rings. The fourth-order valence-corrected chi connectivity index (χ4v) is 1.56. The van der Waals surface area contributed by atoms with Gasteiger partial charge in [0.1, 0.15) is 6.42 Å². The maximum atomic E-state index is 11.7. The van der Waals surface area contributed by atoms with Crippen LogP contribution in [0.3, 0.4) is 0 Å². The normalized spacial score (nSPS) is 10.0. The van der Waals surface area contributed by atoms with Gasteiger partial charge in [0.15, 0.2) is 0 Å². The number of hydrogen-bond donors (Lipinski definition) is 1. The molecular formula is C14H21N3O2. The summed E-state index contributed by atoms with van der Waals surface area (Å²) in [6.45, 7) is 3.17. The molecule has 0 saturated heterocycles. The van der Waals surface area contributed by atoms with Crippen LogP contribution < -0.4 is 5.32 Å². The van der Waals surface area contributed by atoms with Crippen LogP contribution in [0.15, 0.2) is 24.5 Å². The Kier molecular flexibility index (Phi) is 6.57. The number of hydrogen-bond acceptors (Lipinski definition) is 3. The first-order valence-corrected chi connectivity index (χ1v) is 6.53. The zero-order valence-electron chi connectivity index (χ0n) is 11.6. The average Bonchev–Trinajstić information content (AvgIpc) is 2.43. The van der Waals surface area contributed by atoms with Crippen LogP contribution in [0.1, 0.15) is 31.7 Å². The first-order chi connectivity index (χ1) is 9.13. The van der Waals surface area contributed by atoms with Gasteiger partial charge < -0.3 is 10.2 Å². The number of nitrogens with zero attached hydrogens (tertiary/aromatic N) is 2. The highest BCUT2D eigenvalue weighted by molar-refractivity contribution is 5.96. The van der Waals surface area contributed by atoms with E-state index in [1.54, 1.807) is 24.3 Å². The second kappa shape index (κ2) is 8.24. The quantitative estimate of drug-likeness (QED) is 0.755. The summed E-state index contributed by atoms with van der Waals surface area (Å²) in [5.41, 5.74) is 0.919. The van der Waals surface area contributed by atoms with Crippen molar-refractivity contribution in [2.75, 3.05) is 13.6 Å². The molecule has 1 aromatic rings. The summed E-state index contributed by atoms with van der Waals surface area (Å²) >= 11 is 0. The Bertz CT molecular complexity index is 406. The van der Waals surface area contributed by atoms with Gasteiger partial charge in [-0.15, -0.1) is 0 Å². The van der Waals surface area contributed by atoms with E-state index < -0.39 is 0 Å². The van der Waals surface area contributed by atoms with Crippen LogP contribution in [0.25, 0.3) is 0 Å². The number of unbranched alkanes of at least 4 members (excludes halogenated alkanes) is 1. The topological polar surface area (TPSA) is 62.3 Å². The molecule has 0 aliphatic rings. The van der Waals surface area contributed by atoms with Gasteiger partial charge in [-0.3, -0.25) is 14.6 Å². The van der Waals surface area contributed by atoms with Gasteiger partial charge in [-0.1, -0.05) is 19.4 Å². The minimum absolute atomic E-state index is 0.0967. The van der Waals surface area contributed by atoms with Crippen LogP contribution in [0, 0.1) is 0 Å². The lowest BCUT2D eigenvalue weighted by molar-refractivity contribution is -0.135. The van der Waals surface area contributed by atoms with Gasteiger partial charge in [0, 0.05) is 32.5 Å². The number of carbonyl (C=O) groups is 2. The van der Waals surface area contributed by atoms with Crippen molar-refractivity contribution in [1.29, 1.82) is 0 Å². The van der Waals surface area contributed by atoms with Crippen molar-refractivity contribution in [3.8, 4) is 0 Å². The summed E-state index contributed by atoms with van der Waals surface area (Å²) in [5, 5.41) is 2.71. The number of carbonyl (C=O) groups excluding carboxylic acids is 2. The number of amides is 2. The van der Waals surface area contributed by atoms with Gasteiger partial charge in [-0.05, 0) is 18.1 Å². The Morgan fingerprint density at radius 1 is 1.42 bits per heavy atom. The molecule has 5 nitrogen and oxygen atoms in total. The molecule has 5 heteroatoms. The lowest BCUT2D eigenvalue weighted by atomic mass is 10.2. The van der Waals surface area contributed by atoms with Gasteiger partial charge >= 0.3 is 0 Å². The fourth-order valence-electron chi connectivity index (χ4n) is 1.56. The van der Waals surface area contributed by atoms with Crippen molar-refractivity contribution >= 4 is 11.8 Å². The smallest absolute Gasteiger partial charge is 0.231 e. The second-order valence-electron chi connectivity index (χ2n) is 4.48. The molecule has 0 spiro atoms. The van der Waals surface area contributed by atoms with Crippen molar-refractivity contribution in [2.24, 2.45) is 0 Å². The molecule has 0 aliphatic heterocycles. The third-order valence-corrected chi connectivity index (χ3v) is 2.80. The summed E-state index contributed by atoms with van der Waals surface area (Å²) in [7, 11) is 1.73. The molecule has 0 atom stereocenters. The first-order valence-electron chi connectivity index (χ1n) is 6.53. The van der Waals surface area contributed by atoms with Crippen LogP contribution >= 0.6 is 0 Å². The minimum Gasteiger partial charge on any atom is -0.352 e. The van der Waals surface area contributed by atoms with Gasteiger partial charge in [0.2, 0.25) is 11.8 Å². The van der Waals surface area contributed by atoms with Gasteiger partial charge in [-0.25, -0.2) is 0 Å². The Morgan fingerprint density at radius 2 is 2.21 bits per heavy atom. The largest absolute Gasteiger partial charge is 0.352 e. The summed E-state index contributed by atoms with van der Waals surface area (Å²) in [6, 6.07) is 3.69. The molecule has 1 rings (SSSR count). The van der Waals surface area contributed by atoms with E-state index in [0.29, 0.717) is 13.1 Å². The zero-order chi connectivity index (χ0) is 14.1. The van der Waals surface area contributed by atoms with Crippen LogP contribution in [-0.2, 0) is 16.1 Å². The van der Waals surface area contributed by atoms with E-state index in [1.807, 2.05) is 12.1 Å². The van der Waals surface area contributed by atoms with Crippen molar-refractivity contribution in [3.05, 3.63) is 30.1 Å². The van der Waals surface area contributed by atoms with Gasteiger partial charge in [0.25, 0.3) is 0 Å². The van der Waals surface area contributed by atoms with Gasteiger partial charge in [0.05, 0.1) is 0 Å². The third kappa shape index (κ3) is 5.99. The Hall–Kier alpha value is -1.91. The highest BCUT2D eigenvalue weighted by atomic mass is 16.2. The van der Waals surface area contributed by atoms with E-state index in [-0.39, 0.29) is 18.2 Å². The highest BCUT2D eigenvalue weighted by Crippen LogP contribution is 1.98. The van der Waals surface area contributed by atoms with Crippen molar-refractivity contribution in [3.63, 3.8) is 0 Å². The summed E-state index contributed by atoms with van der Waals surface area (Å²) in [5.74, 6) is -0.394. The van der Waals surface area contributed by atoms with E-state index in [9.17, 15) is 9.59 Å². The molecule has 0 aliphatic carbocycles. The van der Waals surface area contributed by atoms with E-state index in [0.717, 1.165) is 18.4 Å². The summed E-state index contributed by atoms with van der Waals surface area (Å²) in [4.78, 5) is 28.9. The van der Waals surface area contributed by atoms with Crippen LogP contribution in [0.2, 0.25) is 0 Å². The molecular weight excluding hydrogens is 242 g/mol. The second-order valence-corrected chi connectivity index (χ2v) is 4.48. The van der Waals surface area contributed by atoms with Gasteiger partial charge in [-0.2, -0.15) is 0 Å². The van der Waals surface area contributed by atoms with Crippen LogP contribution in [0.5, 0.6) is 0 Å². The molecule has 0 unspecified atom stereocenters. The summed E-state index contributed by atoms with van der Waals surface area (Å²) < 4.78 is 0. The molecule has 1 N–H and O–H groups in total. The van der Waals surface area contributed by atoms with Crippen molar-refractivity contribution in [2.45, 2.75) is 32.7 Å². The molecule has 1 heterocycles. The summed E-state index contributed by atoms with van der Waals surface area (Å²) in [6.07, 6.45) is 5.26. The molecule has 2 amide bonds. The standard InChI is InChI=1S/C14H21N3O2/c1-3-4-8-17(2)14(19)9-13(18)16-11-12-6-5-7-15-10-12/h5-7,10H,3-4,8-9,11H2,1-2H3,(H,16,18). The number of aromatic nitrogens is 1. The average molecular weight is 263 g/mol. The van der Waals surface area contributed by atoms with E-state index in [4.69, 9.17) is 0 Å². The highest BCUT2D eigenvalue weighted by Gasteiger charge is 2.13. The molecule has 0 aromatic carbocycles. The fraction of sp³-hybridized carbons (Fsp3) is 0.500. The molecule has 0 saturated carbocycles. The Labute approximate surface area is 114 Å². The number of rotatable bonds is 7. The Balaban J connectivity index is 2.29. The third-order valence-electron chi connectivity index (χ3n) is 2.80. The monoisotopic (exact) mass is 263 g/mol. The number of pyridine rings is 1. The predicted octanol–water partition coefficient (Wildman–Crippen LogP) is 1.35. The predicted molar refractivity (Wildman–Crippen MR) is 73.2 cm³/mol. The lowest BCUT2D eigenvalue weighted by Gasteiger charge is -2.16. The maximum absolute atomic E-state index is 11.7. The maximum Gasteiger partial charge on any atom is 0.231 e. The van der Waals surface area contributed by atoms with E-state index in [1.165, 1.54) is 0 Å².